The Hall–Kier alpha value is -2.70. The Morgan fingerprint density at radius 3 is 2.55 bits per heavy atom. The van der Waals surface area contributed by atoms with Gasteiger partial charge in [0.2, 0.25) is 10.0 Å². The summed E-state index contributed by atoms with van der Waals surface area (Å²) in [5, 5.41) is 12.9. The number of thioether (sulfide) groups is 1. The summed E-state index contributed by atoms with van der Waals surface area (Å²) in [4.78, 5) is 12.0. The third kappa shape index (κ3) is 5.51. The maximum Gasteiger partial charge on any atom is 0.319 e. The lowest BCUT2D eigenvalue weighted by Crippen LogP contribution is -2.26. The van der Waals surface area contributed by atoms with E-state index in [1.807, 2.05) is 6.92 Å². The zero-order valence-electron chi connectivity index (χ0n) is 17.3. The number of aromatic nitrogens is 4. The fourth-order valence-corrected chi connectivity index (χ4v) is 4.70. The van der Waals surface area contributed by atoms with Gasteiger partial charge in [-0.3, -0.25) is 4.79 Å². The predicted molar refractivity (Wildman–Crippen MR) is 115 cm³/mol. The van der Waals surface area contributed by atoms with E-state index in [4.69, 9.17) is 9.47 Å². The molecule has 0 amide bonds. The van der Waals surface area contributed by atoms with Crippen molar-refractivity contribution in [3.8, 4) is 5.75 Å². The zero-order chi connectivity index (χ0) is 22.4. The van der Waals surface area contributed by atoms with Crippen LogP contribution < -0.4 is 9.46 Å². The molecule has 1 N–H and O–H groups in total. The minimum absolute atomic E-state index is 0.119. The fraction of sp³-hybridized carbons (Fsp3) is 0.368. The van der Waals surface area contributed by atoms with Crippen LogP contribution in [0, 0.1) is 0 Å². The van der Waals surface area contributed by atoms with E-state index in [0.717, 1.165) is 0 Å². The molecule has 31 heavy (non-hydrogen) atoms. The van der Waals surface area contributed by atoms with Gasteiger partial charge >= 0.3 is 5.97 Å². The van der Waals surface area contributed by atoms with Crippen molar-refractivity contribution in [3.05, 3.63) is 42.2 Å². The third-order valence-corrected chi connectivity index (χ3v) is 7.16. The molecular formula is C19H23N5O5S2. The summed E-state index contributed by atoms with van der Waals surface area (Å²) < 4.78 is 38.9. The second kappa shape index (κ2) is 10.1. The number of methoxy groups -OCH3 is 2. The van der Waals surface area contributed by atoms with Crippen molar-refractivity contribution >= 4 is 33.4 Å². The Bertz CT molecular complexity index is 1150. The van der Waals surface area contributed by atoms with E-state index in [-0.39, 0.29) is 29.1 Å². The highest BCUT2D eigenvalue weighted by atomic mass is 32.2. The Morgan fingerprint density at radius 2 is 1.90 bits per heavy atom. The predicted octanol–water partition coefficient (Wildman–Crippen LogP) is 1.70. The van der Waals surface area contributed by atoms with Crippen LogP contribution in [-0.4, -0.2) is 60.2 Å². The van der Waals surface area contributed by atoms with E-state index in [2.05, 4.69) is 20.0 Å². The van der Waals surface area contributed by atoms with E-state index >= 15 is 0 Å². The van der Waals surface area contributed by atoms with Crippen molar-refractivity contribution in [1.82, 2.24) is 24.5 Å². The third-order valence-electron chi connectivity index (χ3n) is 4.41. The Labute approximate surface area is 184 Å². The molecule has 2 aromatic heterocycles. The highest BCUT2D eigenvalue weighted by molar-refractivity contribution is 8.00. The van der Waals surface area contributed by atoms with Gasteiger partial charge in [0.1, 0.15) is 16.0 Å². The number of hydrogen-bond acceptors (Lipinski definition) is 9. The summed E-state index contributed by atoms with van der Waals surface area (Å²) in [6, 6.07) is 9.63. The molecule has 0 aliphatic rings. The van der Waals surface area contributed by atoms with E-state index in [1.54, 1.807) is 28.8 Å². The highest BCUT2D eigenvalue weighted by Crippen LogP contribution is 2.24. The Kier molecular flexibility index (Phi) is 7.46. The molecule has 2 heterocycles. The van der Waals surface area contributed by atoms with Gasteiger partial charge in [-0.05, 0) is 42.8 Å². The molecule has 0 saturated carbocycles. The van der Waals surface area contributed by atoms with Crippen LogP contribution in [0.5, 0.6) is 5.75 Å². The van der Waals surface area contributed by atoms with Gasteiger partial charge in [0.05, 0.1) is 19.1 Å². The highest BCUT2D eigenvalue weighted by Gasteiger charge is 2.20. The minimum atomic E-state index is -3.67. The van der Waals surface area contributed by atoms with Crippen LogP contribution in [0.15, 0.2) is 46.3 Å². The molecule has 10 nitrogen and oxygen atoms in total. The molecule has 0 aliphatic carbocycles. The Morgan fingerprint density at radius 1 is 1.16 bits per heavy atom. The van der Waals surface area contributed by atoms with Gasteiger partial charge in [-0.25, -0.2) is 13.1 Å². The van der Waals surface area contributed by atoms with Crippen LogP contribution in [-0.2, 0) is 26.0 Å². The molecule has 3 rings (SSSR count). The SMILES string of the molecule is CC[C@H](Sc1ccc2nnc(CCNS(=O)(=O)c3ccc(OC)cc3)n2n1)C(=O)OC. The fourth-order valence-electron chi connectivity index (χ4n) is 2.75. The number of hydrogen-bond donors (Lipinski definition) is 1. The van der Waals surface area contributed by atoms with E-state index < -0.39 is 10.0 Å². The van der Waals surface area contributed by atoms with E-state index in [1.165, 1.54) is 38.1 Å². The topological polar surface area (TPSA) is 125 Å². The lowest BCUT2D eigenvalue weighted by molar-refractivity contribution is -0.140. The quantitative estimate of drug-likeness (QED) is 0.352. The average Bonchev–Trinajstić information content (AvgIpc) is 3.19. The van der Waals surface area contributed by atoms with E-state index in [9.17, 15) is 13.2 Å². The first-order valence-electron chi connectivity index (χ1n) is 9.47. The molecule has 0 aliphatic heterocycles. The van der Waals surface area contributed by atoms with Crippen molar-refractivity contribution in [2.75, 3.05) is 20.8 Å². The number of sulfonamides is 1. The van der Waals surface area contributed by atoms with Crippen LogP contribution in [0.4, 0.5) is 0 Å². The molecule has 12 heteroatoms. The summed E-state index contributed by atoms with van der Waals surface area (Å²) in [6.07, 6.45) is 0.880. The van der Waals surface area contributed by atoms with E-state index in [0.29, 0.717) is 28.7 Å². The summed E-state index contributed by atoms with van der Waals surface area (Å²) >= 11 is 1.29. The van der Waals surface area contributed by atoms with Gasteiger partial charge in [-0.15, -0.1) is 10.2 Å². The smallest absolute Gasteiger partial charge is 0.319 e. The lowest BCUT2D eigenvalue weighted by atomic mass is 10.3. The van der Waals surface area contributed by atoms with Gasteiger partial charge in [0.15, 0.2) is 11.5 Å². The van der Waals surface area contributed by atoms with Gasteiger partial charge in [0.25, 0.3) is 0 Å². The van der Waals surface area contributed by atoms with Gasteiger partial charge in [-0.1, -0.05) is 18.7 Å². The maximum atomic E-state index is 12.5. The number of nitrogens with one attached hydrogen (secondary N) is 1. The molecule has 0 saturated heterocycles. The van der Waals surface area contributed by atoms with Crippen molar-refractivity contribution in [2.24, 2.45) is 0 Å². The molecule has 0 radical (unpaired) electrons. The van der Waals surface area contributed by atoms with Crippen LogP contribution in [0.1, 0.15) is 19.2 Å². The summed E-state index contributed by atoms with van der Waals surface area (Å²) in [6.45, 7) is 2.01. The number of fused-ring (bicyclic) bond motifs is 1. The van der Waals surface area contributed by atoms with Crippen LogP contribution in [0.2, 0.25) is 0 Å². The number of rotatable bonds is 10. The normalized spacial score (nSPS) is 12.6. The monoisotopic (exact) mass is 465 g/mol. The number of ether oxygens (including phenoxy) is 2. The lowest BCUT2D eigenvalue weighted by Gasteiger charge is -2.11. The molecule has 3 aromatic rings. The number of carbonyl (C=O) groups is 1. The summed E-state index contributed by atoms with van der Waals surface area (Å²) in [7, 11) is -0.802. The molecule has 1 atom stereocenters. The second-order valence-electron chi connectivity index (χ2n) is 6.42. The second-order valence-corrected chi connectivity index (χ2v) is 9.41. The van der Waals surface area contributed by atoms with Crippen LogP contribution >= 0.6 is 11.8 Å². The summed E-state index contributed by atoms with van der Waals surface area (Å²) in [5.41, 5.74) is 0.531. The number of esters is 1. The number of nitrogens with zero attached hydrogens (tertiary/aromatic N) is 4. The maximum absolute atomic E-state index is 12.5. The standard InChI is InChI=1S/C19H23N5O5S2/c1-4-15(19(25)29-3)30-18-10-9-16-21-22-17(24(16)23-18)11-12-20-31(26,27)14-7-5-13(28-2)6-8-14/h5-10,15,20H,4,11-12H2,1-3H3/t15-/m0/s1. The molecule has 166 valence electrons. The van der Waals surface area contributed by atoms with Gasteiger partial charge in [-0.2, -0.15) is 9.61 Å². The first-order valence-corrected chi connectivity index (χ1v) is 11.8. The average molecular weight is 466 g/mol. The summed E-state index contributed by atoms with van der Waals surface area (Å²) in [5.74, 6) is 0.762. The van der Waals surface area contributed by atoms with Gasteiger partial charge < -0.3 is 9.47 Å². The van der Waals surface area contributed by atoms with Crippen molar-refractivity contribution in [3.63, 3.8) is 0 Å². The van der Waals surface area contributed by atoms with Crippen LogP contribution in [0.25, 0.3) is 5.65 Å². The van der Waals surface area contributed by atoms with Crippen LogP contribution in [0.3, 0.4) is 0 Å². The molecular weight excluding hydrogens is 442 g/mol. The molecule has 0 bridgehead atoms. The first kappa shape index (κ1) is 23.0. The first-order chi connectivity index (χ1) is 14.9. The largest absolute Gasteiger partial charge is 0.497 e. The number of carbonyl (C=O) groups excluding carboxylic acids is 1. The van der Waals surface area contributed by atoms with Gasteiger partial charge in [0, 0.05) is 13.0 Å². The van der Waals surface area contributed by atoms with Crippen molar-refractivity contribution < 1.29 is 22.7 Å². The molecule has 0 fully saturated rings. The zero-order valence-corrected chi connectivity index (χ0v) is 18.9. The molecule has 0 spiro atoms. The minimum Gasteiger partial charge on any atom is -0.497 e. The Balaban J connectivity index is 1.69. The van der Waals surface area contributed by atoms with Crippen molar-refractivity contribution in [2.45, 2.75) is 34.9 Å². The molecule has 0 unspecified atom stereocenters. The number of benzene rings is 1. The molecule has 1 aromatic carbocycles. The van der Waals surface area contributed by atoms with Crippen molar-refractivity contribution in [1.29, 1.82) is 0 Å².